The molecule has 0 amide bonds. The predicted octanol–water partition coefficient (Wildman–Crippen LogP) is 5.45. The van der Waals surface area contributed by atoms with Gasteiger partial charge in [0, 0.05) is 11.1 Å². The van der Waals surface area contributed by atoms with Crippen molar-refractivity contribution < 1.29 is 30.7 Å². The van der Waals surface area contributed by atoms with Crippen molar-refractivity contribution >= 4 is 11.8 Å². The second-order valence-electron chi connectivity index (χ2n) is 5.86. The van der Waals surface area contributed by atoms with E-state index < -0.39 is 41.3 Å². The Morgan fingerprint density at radius 2 is 1.79 bits per heavy atom. The summed E-state index contributed by atoms with van der Waals surface area (Å²) in [6, 6.07) is 6.32. The van der Waals surface area contributed by atoms with E-state index in [-0.39, 0.29) is 16.2 Å². The summed E-state index contributed by atoms with van der Waals surface area (Å²) in [5.41, 5.74) is -0.278. The van der Waals surface area contributed by atoms with Crippen LogP contribution in [-0.2, 0) is 6.18 Å². The third kappa shape index (κ3) is 4.86. The Morgan fingerprint density at radius 1 is 1.07 bits per heavy atom. The lowest BCUT2D eigenvalue weighted by molar-refractivity contribution is -0.144. The summed E-state index contributed by atoms with van der Waals surface area (Å²) in [7, 11) is 0. The first-order chi connectivity index (χ1) is 13.5. The molecule has 0 unspecified atom stereocenters. The maximum atomic E-state index is 14.6. The van der Waals surface area contributed by atoms with Gasteiger partial charge in [-0.25, -0.2) is 14.1 Å². The molecule has 0 saturated heterocycles. The Kier molecular flexibility index (Phi) is 5.57. The van der Waals surface area contributed by atoms with Crippen molar-refractivity contribution in [2.24, 2.45) is 0 Å². The van der Waals surface area contributed by atoms with E-state index in [0.717, 1.165) is 12.1 Å². The number of nitrogens with zero attached hydrogens (tertiary/aromatic N) is 4. The van der Waals surface area contributed by atoms with Crippen LogP contribution in [-0.4, -0.2) is 31.7 Å². The molecule has 3 aromatic rings. The molecule has 0 bridgehead atoms. The van der Waals surface area contributed by atoms with Crippen LogP contribution in [0.15, 0.2) is 41.4 Å². The van der Waals surface area contributed by atoms with Crippen LogP contribution in [0.5, 0.6) is 0 Å². The van der Waals surface area contributed by atoms with Gasteiger partial charge in [-0.3, -0.25) is 4.98 Å². The standard InChI is InChI=1S/C17H11F7N4S/c1-9-6-10(18)12(7-13(9)29-8-16(19,20)21)28-14(11-4-2-3-5-25-11)26-15(27-28)17(22,23)24/h2-7H,8H2,1H3. The molecule has 0 radical (unpaired) electrons. The molecular formula is C17H11F7N4S. The number of thioether (sulfide) groups is 1. The van der Waals surface area contributed by atoms with Crippen LogP contribution in [0.1, 0.15) is 11.4 Å². The van der Waals surface area contributed by atoms with Gasteiger partial charge in [-0.2, -0.15) is 26.3 Å². The van der Waals surface area contributed by atoms with E-state index in [1.807, 2.05) is 0 Å². The molecule has 0 spiro atoms. The van der Waals surface area contributed by atoms with E-state index in [9.17, 15) is 30.7 Å². The van der Waals surface area contributed by atoms with Crippen molar-refractivity contribution in [1.82, 2.24) is 19.7 Å². The summed E-state index contributed by atoms with van der Waals surface area (Å²) < 4.78 is 92.2. The number of hydrogen-bond donors (Lipinski definition) is 0. The lowest BCUT2D eigenvalue weighted by Crippen LogP contribution is -2.11. The van der Waals surface area contributed by atoms with E-state index in [2.05, 4.69) is 15.1 Å². The van der Waals surface area contributed by atoms with Crippen molar-refractivity contribution in [2.45, 2.75) is 24.2 Å². The third-order valence-corrected chi connectivity index (χ3v) is 4.84. The van der Waals surface area contributed by atoms with Crippen LogP contribution < -0.4 is 0 Å². The van der Waals surface area contributed by atoms with Crippen LogP contribution in [0.4, 0.5) is 30.7 Å². The van der Waals surface area contributed by atoms with Crippen LogP contribution >= 0.6 is 11.8 Å². The summed E-state index contributed by atoms with van der Waals surface area (Å²) in [5.74, 6) is -4.12. The highest BCUT2D eigenvalue weighted by Crippen LogP contribution is 2.34. The molecule has 2 aromatic heterocycles. The zero-order valence-electron chi connectivity index (χ0n) is 14.5. The average Bonchev–Trinajstić information content (AvgIpc) is 3.06. The molecule has 0 N–H and O–H groups in total. The van der Waals surface area contributed by atoms with Gasteiger partial charge in [0.15, 0.2) is 5.82 Å². The normalized spacial score (nSPS) is 12.4. The highest BCUT2D eigenvalue weighted by Gasteiger charge is 2.38. The Labute approximate surface area is 163 Å². The van der Waals surface area contributed by atoms with Gasteiger partial charge in [0.1, 0.15) is 17.2 Å². The maximum absolute atomic E-state index is 14.6. The second kappa shape index (κ2) is 7.65. The van der Waals surface area contributed by atoms with Crippen LogP contribution in [0, 0.1) is 12.7 Å². The summed E-state index contributed by atoms with van der Waals surface area (Å²) >= 11 is 0.395. The molecule has 4 nitrogen and oxygen atoms in total. The lowest BCUT2D eigenvalue weighted by Gasteiger charge is -2.12. The van der Waals surface area contributed by atoms with Gasteiger partial charge in [-0.15, -0.1) is 16.9 Å². The Bertz CT molecular complexity index is 1010. The molecule has 29 heavy (non-hydrogen) atoms. The fraction of sp³-hybridized carbons (Fsp3) is 0.235. The Morgan fingerprint density at radius 3 is 2.38 bits per heavy atom. The van der Waals surface area contributed by atoms with Gasteiger partial charge >= 0.3 is 12.4 Å². The zero-order valence-corrected chi connectivity index (χ0v) is 15.3. The highest BCUT2D eigenvalue weighted by molar-refractivity contribution is 7.99. The number of rotatable bonds is 4. The smallest absolute Gasteiger partial charge is 0.253 e. The quantitative estimate of drug-likeness (QED) is 0.403. The Hall–Kier alpha value is -2.63. The molecule has 3 rings (SSSR count). The van der Waals surface area contributed by atoms with Crippen LogP contribution in [0.2, 0.25) is 0 Å². The third-order valence-electron chi connectivity index (χ3n) is 3.62. The Balaban J connectivity index is 2.15. The zero-order chi connectivity index (χ0) is 21.4. The SMILES string of the molecule is Cc1cc(F)c(-n2nc(C(F)(F)F)nc2-c2ccccn2)cc1SCC(F)(F)F. The molecule has 0 atom stereocenters. The fourth-order valence-electron chi connectivity index (χ4n) is 2.38. The second-order valence-corrected chi connectivity index (χ2v) is 6.87. The van der Waals surface area contributed by atoms with E-state index >= 15 is 0 Å². The number of benzene rings is 1. The lowest BCUT2D eigenvalue weighted by atomic mass is 10.2. The van der Waals surface area contributed by atoms with Gasteiger partial charge < -0.3 is 0 Å². The number of alkyl halides is 6. The number of aromatic nitrogens is 4. The monoisotopic (exact) mass is 436 g/mol. The summed E-state index contributed by atoms with van der Waals surface area (Å²) in [4.78, 5) is 7.37. The highest BCUT2D eigenvalue weighted by atomic mass is 32.2. The molecule has 0 aliphatic heterocycles. The molecule has 12 heteroatoms. The average molecular weight is 436 g/mol. The molecule has 0 fully saturated rings. The minimum atomic E-state index is -4.91. The minimum Gasteiger partial charge on any atom is -0.253 e. The molecule has 2 heterocycles. The van der Waals surface area contributed by atoms with E-state index in [1.165, 1.54) is 31.3 Å². The molecule has 0 saturated carbocycles. The van der Waals surface area contributed by atoms with Crippen molar-refractivity contribution in [3.8, 4) is 17.2 Å². The number of hydrogen-bond acceptors (Lipinski definition) is 4. The van der Waals surface area contributed by atoms with E-state index in [4.69, 9.17) is 0 Å². The van der Waals surface area contributed by atoms with Gasteiger partial charge in [0.2, 0.25) is 0 Å². The summed E-state index contributed by atoms with van der Waals surface area (Å²) in [6.07, 6.45) is -8.08. The van der Waals surface area contributed by atoms with Gasteiger partial charge in [0.05, 0.1) is 5.75 Å². The predicted molar refractivity (Wildman–Crippen MR) is 91.1 cm³/mol. The molecule has 154 valence electrons. The molecular weight excluding hydrogens is 425 g/mol. The van der Waals surface area contributed by atoms with Crippen molar-refractivity contribution in [1.29, 1.82) is 0 Å². The molecule has 0 aliphatic carbocycles. The first-order valence-corrected chi connectivity index (χ1v) is 8.90. The van der Waals surface area contributed by atoms with Crippen molar-refractivity contribution in [3.05, 3.63) is 53.7 Å². The van der Waals surface area contributed by atoms with Crippen LogP contribution in [0.3, 0.4) is 0 Å². The van der Waals surface area contributed by atoms with E-state index in [1.54, 1.807) is 0 Å². The van der Waals surface area contributed by atoms with Gasteiger partial charge in [0.25, 0.3) is 5.82 Å². The van der Waals surface area contributed by atoms with Gasteiger partial charge in [-0.1, -0.05) is 6.07 Å². The summed E-state index contributed by atoms with van der Waals surface area (Å²) in [6.45, 7) is 1.40. The van der Waals surface area contributed by atoms with Gasteiger partial charge in [-0.05, 0) is 36.8 Å². The van der Waals surface area contributed by atoms with Crippen molar-refractivity contribution in [3.63, 3.8) is 0 Å². The minimum absolute atomic E-state index is 0.0139. The first-order valence-electron chi connectivity index (χ1n) is 7.91. The number of aryl methyl sites for hydroxylation is 1. The topological polar surface area (TPSA) is 43.6 Å². The van der Waals surface area contributed by atoms with Crippen molar-refractivity contribution in [2.75, 3.05) is 5.75 Å². The number of pyridine rings is 1. The van der Waals surface area contributed by atoms with Crippen LogP contribution in [0.25, 0.3) is 17.2 Å². The fourth-order valence-corrected chi connectivity index (χ4v) is 3.18. The first kappa shape index (κ1) is 21.1. The maximum Gasteiger partial charge on any atom is 0.453 e. The summed E-state index contributed by atoms with van der Waals surface area (Å²) in [5, 5.41) is 3.34. The molecule has 1 aromatic carbocycles. The number of halogens is 7. The largest absolute Gasteiger partial charge is 0.453 e. The van der Waals surface area contributed by atoms with E-state index in [0.29, 0.717) is 16.4 Å². The molecule has 0 aliphatic rings.